The summed E-state index contributed by atoms with van der Waals surface area (Å²) in [6, 6.07) is 26.2. The molecule has 0 spiro atoms. The highest BCUT2D eigenvalue weighted by Gasteiger charge is 2.15. The molecule has 0 atom stereocenters. The van der Waals surface area contributed by atoms with Gasteiger partial charge >= 0.3 is 0 Å². The van der Waals surface area contributed by atoms with Gasteiger partial charge in [0.1, 0.15) is 29.7 Å². The van der Waals surface area contributed by atoms with E-state index in [2.05, 4.69) is 10.3 Å². The van der Waals surface area contributed by atoms with Crippen LogP contribution in [-0.4, -0.2) is 14.4 Å². The molecule has 1 N–H and O–H groups in total. The second-order valence-corrected chi connectivity index (χ2v) is 7.38. The van der Waals surface area contributed by atoms with E-state index in [-0.39, 0.29) is 5.82 Å². The number of fused-ring (bicyclic) bond motifs is 1. The van der Waals surface area contributed by atoms with E-state index in [9.17, 15) is 4.39 Å². The van der Waals surface area contributed by atoms with Crippen molar-refractivity contribution in [3.63, 3.8) is 0 Å². The first kappa shape index (κ1) is 19.8. The Hall–Kier alpha value is -4.19. The Kier molecular flexibility index (Phi) is 5.49. The average Bonchev–Trinajstić information content (AvgIpc) is 3.22. The van der Waals surface area contributed by atoms with Crippen LogP contribution in [-0.2, 0) is 13.2 Å². The van der Waals surface area contributed by atoms with Crippen LogP contribution in [0.2, 0.25) is 0 Å². The van der Waals surface area contributed by atoms with Crippen molar-refractivity contribution in [1.82, 2.24) is 14.4 Å². The van der Waals surface area contributed by atoms with Crippen LogP contribution in [0.25, 0.3) is 17.0 Å². The van der Waals surface area contributed by atoms with Gasteiger partial charge < -0.3 is 10.1 Å². The van der Waals surface area contributed by atoms with Crippen molar-refractivity contribution >= 4 is 11.6 Å². The lowest BCUT2D eigenvalue weighted by molar-refractivity contribution is 0.306. The van der Waals surface area contributed by atoms with Crippen LogP contribution in [0, 0.1) is 5.82 Å². The minimum Gasteiger partial charge on any atom is -0.489 e. The fourth-order valence-corrected chi connectivity index (χ4v) is 3.52. The van der Waals surface area contributed by atoms with E-state index in [1.807, 2.05) is 71.3 Å². The number of imidazole rings is 1. The molecule has 0 aliphatic heterocycles. The number of anilines is 1. The molecule has 2 heterocycles. The largest absolute Gasteiger partial charge is 0.489 e. The van der Waals surface area contributed by atoms with Gasteiger partial charge in [-0.05, 0) is 41.5 Å². The van der Waals surface area contributed by atoms with E-state index >= 15 is 0 Å². The van der Waals surface area contributed by atoms with Gasteiger partial charge in [-0.2, -0.15) is 0 Å². The van der Waals surface area contributed by atoms with Gasteiger partial charge in [0.2, 0.25) is 5.78 Å². The Morgan fingerprint density at radius 1 is 0.875 bits per heavy atom. The molecule has 2 aromatic heterocycles. The summed E-state index contributed by atoms with van der Waals surface area (Å²) in [6.07, 6.45) is 3.64. The summed E-state index contributed by atoms with van der Waals surface area (Å²) in [6.45, 7) is 1.02. The third-order valence-electron chi connectivity index (χ3n) is 5.13. The van der Waals surface area contributed by atoms with Crippen molar-refractivity contribution in [3.05, 3.63) is 114 Å². The van der Waals surface area contributed by atoms with Crippen LogP contribution in [0.3, 0.4) is 0 Å². The van der Waals surface area contributed by atoms with E-state index in [0.717, 1.165) is 34.0 Å². The van der Waals surface area contributed by atoms with E-state index in [1.54, 1.807) is 18.3 Å². The van der Waals surface area contributed by atoms with Crippen molar-refractivity contribution in [1.29, 1.82) is 0 Å². The summed E-state index contributed by atoms with van der Waals surface area (Å²) in [5.41, 5.74) is 3.77. The molecule has 0 aliphatic rings. The van der Waals surface area contributed by atoms with Crippen LogP contribution < -0.4 is 10.1 Å². The highest BCUT2D eigenvalue weighted by molar-refractivity contribution is 5.76. The number of ether oxygens (including phenoxy) is 1. The van der Waals surface area contributed by atoms with Crippen LogP contribution in [0.5, 0.6) is 5.75 Å². The van der Waals surface area contributed by atoms with Crippen LogP contribution >= 0.6 is 0 Å². The van der Waals surface area contributed by atoms with Gasteiger partial charge in [0.05, 0.1) is 0 Å². The van der Waals surface area contributed by atoms with Gasteiger partial charge in [0.15, 0.2) is 0 Å². The maximum absolute atomic E-state index is 13.2. The molecular formula is C26H21FN4O. The first-order valence-corrected chi connectivity index (χ1v) is 10.3. The zero-order valence-electron chi connectivity index (χ0n) is 17.3. The predicted octanol–water partition coefficient (Wildman–Crippen LogP) is 5.73. The van der Waals surface area contributed by atoms with E-state index in [1.165, 1.54) is 12.1 Å². The molecule has 0 bridgehead atoms. The van der Waals surface area contributed by atoms with Crippen molar-refractivity contribution < 1.29 is 9.13 Å². The van der Waals surface area contributed by atoms with E-state index < -0.39 is 0 Å². The van der Waals surface area contributed by atoms with E-state index in [0.29, 0.717) is 18.9 Å². The summed E-state index contributed by atoms with van der Waals surface area (Å²) in [5, 5.41) is 3.45. The van der Waals surface area contributed by atoms with Gasteiger partial charge in [-0.25, -0.2) is 14.4 Å². The number of rotatable bonds is 7. The van der Waals surface area contributed by atoms with Gasteiger partial charge in [0.25, 0.3) is 0 Å². The lowest BCUT2D eigenvalue weighted by Crippen LogP contribution is -2.03. The molecule has 5 rings (SSSR count). The molecule has 0 amide bonds. The summed E-state index contributed by atoms with van der Waals surface area (Å²) in [4.78, 5) is 9.13. The lowest BCUT2D eigenvalue weighted by Gasteiger charge is -2.10. The van der Waals surface area contributed by atoms with Gasteiger partial charge in [-0.1, -0.05) is 54.6 Å². The molecule has 0 unspecified atom stereocenters. The normalized spacial score (nSPS) is 10.9. The molecule has 0 saturated carbocycles. The van der Waals surface area contributed by atoms with Crippen molar-refractivity contribution in [2.75, 3.05) is 5.32 Å². The van der Waals surface area contributed by atoms with Crippen LogP contribution in [0.1, 0.15) is 11.1 Å². The summed E-state index contributed by atoms with van der Waals surface area (Å²) < 4.78 is 21.2. The maximum Gasteiger partial charge on any atom is 0.235 e. The zero-order chi connectivity index (χ0) is 21.8. The van der Waals surface area contributed by atoms with E-state index in [4.69, 9.17) is 9.72 Å². The minimum atomic E-state index is -0.249. The highest BCUT2D eigenvalue weighted by Crippen LogP contribution is 2.31. The monoisotopic (exact) mass is 424 g/mol. The van der Waals surface area contributed by atoms with Crippen molar-refractivity contribution in [2.45, 2.75) is 13.2 Å². The molecular weight excluding hydrogens is 403 g/mol. The van der Waals surface area contributed by atoms with Crippen LogP contribution in [0.15, 0.2) is 97.3 Å². The Balaban J connectivity index is 1.44. The molecule has 0 fully saturated rings. The highest BCUT2D eigenvalue weighted by atomic mass is 19.1. The Morgan fingerprint density at radius 2 is 1.72 bits per heavy atom. The number of aromatic nitrogens is 3. The van der Waals surface area contributed by atoms with Crippen molar-refractivity contribution in [2.24, 2.45) is 0 Å². The number of hydrogen-bond acceptors (Lipinski definition) is 4. The first-order valence-electron chi connectivity index (χ1n) is 10.3. The molecule has 0 radical (unpaired) electrons. The molecule has 5 nitrogen and oxygen atoms in total. The predicted molar refractivity (Wildman–Crippen MR) is 123 cm³/mol. The van der Waals surface area contributed by atoms with Gasteiger partial charge in [-0.15, -0.1) is 0 Å². The second-order valence-electron chi connectivity index (χ2n) is 7.38. The number of halogens is 1. The fraction of sp³-hybridized carbons (Fsp3) is 0.0769. The smallest absolute Gasteiger partial charge is 0.235 e. The standard InChI is InChI=1S/C26H21FN4O/c27-22-12-10-19(11-13-22)17-29-25-24(30-26-28-14-5-15-31(25)26)21-8-4-9-23(16-21)32-18-20-6-2-1-3-7-20/h1-16,29H,17-18H2. The molecule has 32 heavy (non-hydrogen) atoms. The first-order chi connectivity index (χ1) is 15.8. The summed E-state index contributed by atoms with van der Waals surface area (Å²) >= 11 is 0. The Bertz CT molecular complexity index is 1330. The number of nitrogens with one attached hydrogen (secondary N) is 1. The summed E-state index contributed by atoms with van der Waals surface area (Å²) in [7, 11) is 0. The molecule has 5 aromatic rings. The van der Waals surface area contributed by atoms with Crippen molar-refractivity contribution in [3.8, 4) is 17.0 Å². The topological polar surface area (TPSA) is 51.5 Å². The van der Waals surface area contributed by atoms with Gasteiger partial charge in [0, 0.05) is 24.5 Å². The molecule has 6 heteroatoms. The Labute approximate surface area is 185 Å². The third kappa shape index (κ3) is 4.30. The zero-order valence-corrected chi connectivity index (χ0v) is 17.3. The third-order valence-corrected chi connectivity index (χ3v) is 5.13. The average molecular weight is 424 g/mol. The molecule has 3 aromatic carbocycles. The van der Waals surface area contributed by atoms with Crippen LogP contribution in [0.4, 0.5) is 10.2 Å². The van der Waals surface area contributed by atoms with Gasteiger partial charge in [-0.3, -0.25) is 4.40 Å². The number of hydrogen-bond donors (Lipinski definition) is 1. The number of nitrogens with zero attached hydrogens (tertiary/aromatic N) is 3. The summed E-state index contributed by atoms with van der Waals surface area (Å²) in [5.74, 6) is 1.93. The molecule has 158 valence electrons. The SMILES string of the molecule is Fc1ccc(CNc2c(-c3cccc(OCc4ccccc4)c3)nc3ncccn23)cc1. The lowest BCUT2D eigenvalue weighted by atomic mass is 10.1. The minimum absolute atomic E-state index is 0.249. The Morgan fingerprint density at radius 3 is 2.56 bits per heavy atom. The molecule has 0 aliphatic carbocycles. The second kappa shape index (κ2) is 8.89. The maximum atomic E-state index is 13.2. The number of benzene rings is 3. The quantitative estimate of drug-likeness (QED) is 0.363. The fourth-order valence-electron chi connectivity index (χ4n) is 3.52. The molecule has 0 saturated heterocycles.